The van der Waals surface area contributed by atoms with E-state index in [2.05, 4.69) is 5.32 Å². The van der Waals surface area contributed by atoms with Gasteiger partial charge in [-0.2, -0.15) is 0 Å². The van der Waals surface area contributed by atoms with Crippen LogP contribution in [0.2, 0.25) is 0 Å². The van der Waals surface area contributed by atoms with E-state index < -0.39 is 0 Å². The van der Waals surface area contributed by atoms with Crippen LogP contribution in [0.1, 0.15) is 19.3 Å². The van der Waals surface area contributed by atoms with Crippen molar-refractivity contribution in [1.29, 1.82) is 0 Å². The van der Waals surface area contributed by atoms with Gasteiger partial charge in [-0.15, -0.1) is 0 Å². The first-order valence-corrected chi connectivity index (χ1v) is 4.86. The van der Waals surface area contributed by atoms with E-state index in [1.54, 1.807) is 0 Å². The summed E-state index contributed by atoms with van der Waals surface area (Å²) in [7, 11) is 0. The summed E-state index contributed by atoms with van der Waals surface area (Å²) in [4.78, 5) is 0. The minimum atomic E-state index is -0.231. The number of nitrogens with one attached hydrogen (secondary N) is 1. The molecule has 0 aromatic carbocycles. The summed E-state index contributed by atoms with van der Waals surface area (Å²) < 4.78 is 11.5. The highest BCUT2D eigenvalue weighted by Gasteiger charge is 2.61. The zero-order valence-electron chi connectivity index (χ0n) is 7.27. The van der Waals surface area contributed by atoms with Crippen molar-refractivity contribution < 1.29 is 9.47 Å². The third-order valence-corrected chi connectivity index (χ3v) is 3.69. The molecule has 3 aliphatic rings. The lowest BCUT2D eigenvalue weighted by Crippen LogP contribution is -2.52. The second-order valence-electron chi connectivity index (χ2n) is 4.19. The fourth-order valence-corrected chi connectivity index (χ4v) is 2.81. The Hall–Kier alpha value is -0.120. The predicted octanol–water partition coefficient (Wildman–Crippen LogP) is 0.503. The van der Waals surface area contributed by atoms with E-state index in [0.717, 1.165) is 26.3 Å². The van der Waals surface area contributed by atoms with Crippen molar-refractivity contribution in [1.82, 2.24) is 5.32 Å². The number of ether oxygens (including phenoxy) is 2. The topological polar surface area (TPSA) is 30.5 Å². The van der Waals surface area contributed by atoms with Gasteiger partial charge in [0.05, 0.1) is 19.8 Å². The lowest BCUT2D eigenvalue weighted by Gasteiger charge is -2.47. The Morgan fingerprint density at radius 1 is 1.00 bits per heavy atom. The summed E-state index contributed by atoms with van der Waals surface area (Å²) >= 11 is 0. The van der Waals surface area contributed by atoms with Crippen LogP contribution in [-0.4, -0.2) is 32.1 Å². The lowest BCUT2D eigenvalue weighted by molar-refractivity contribution is -0.231. The molecule has 3 nitrogen and oxygen atoms in total. The van der Waals surface area contributed by atoms with E-state index in [9.17, 15) is 0 Å². The van der Waals surface area contributed by atoms with Gasteiger partial charge < -0.3 is 14.8 Å². The molecule has 2 heterocycles. The van der Waals surface area contributed by atoms with E-state index in [0.29, 0.717) is 5.41 Å². The van der Waals surface area contributed by atoms with Crippen LogP contribution in [0.5, 0.6) is 0 Å². The van der Waals surface area contributed by atoms with Crippen LogP contribution < -0.4 is 5.32 Å². The van der Waals surface area contributed by atoms with Crippen LogP contribution in [-0.2, 0) is 9.47 Å². The first kappa shape index (κ1) is 7.30. The molecule has 3 heteroatoms. The van der Waals surface area contributed by atoms with Gasteiger partial charge in [0, 0.05) is 12.0 Å². The van der Waals surface area contributed by atoms with Gasteiger partial charge in [-0.05, 0) is 12.8 Å². The summed E-state index contributed by atoms with van der Waals surface area (Å²) in [6.45, 7) is 3.55. The molecule has 2 spiro atoms. The standard InChI is InChI=1S/C9H15NO2/c1-2-8(3-1)6-10-7-9(8)11-4-5-12-9/h10H,1-7H2. The first-order valence-electron chi connectivity index (χ1n) is 4.86. The number of rotatable bonds is 0. The quantitative estimate of drug-likeness (QED) is 0.573. The lowest BCUT2D eigenvalue weighted by atomic mass is 9.65. The zero-order chi connectivity index (χ0) is 8.07. The van der Waals surface area contributed by atoms with Crippen molar-refractivity contribution in [3.05, 3.63) is 0 Å². The van der Waals surface area contributed by atoms with Gasteiger partial charge in [-0.3, -0.25) is 0 Å². The first-order chi connectivity index (χ1) is 5.87. The summed E-state index contributed by atoms with van der Waals surface area (Å²) in [6, 6.07) is 0. The molecule has 68 valence electrons. The van der Waals surface area contributed by atoms with Crippen LogP contribution in [0.4, 0.5) is 0 Å². The normalized spacial score (nSPS) is 36.0. The molecule has 2 aliphatic heterocycles. The minimum Gasteiger partial charge on any atom is -0.346 e. The molecule has 0 amide bonds. The molecule has 1 saturated carbocycles. The third kappa shape index (κ3) is 0.679. The Labute approximate surface area is 72.4 Å². The second kappa shape index (κ2) is 2.22. The SMILES string of the molecule is C1CC2(C1)CNCC21OCCO1. The van der Waals surface area contributed by atoms with E-state index in [1.807, 2.05) is 0 Å². The number of hydrogen-bond acceptors (Lipinski definition) is 3. The van der Waals surface area contributed by atoms with Crippen LogP contribution >= 0.6 is 0 Å². The maximum absolute atomic E-state index is 5.77. The highest BCUT2D eigenvalue weighted by Crippen LogP contribution is 2.54. The zero-order valence-corrected chi connectivity index (χ0v) is 7.27. The van der Waals surface area contributed by atoms with Gasteiger partial charge in [-0.1, -0.05) is 6.42 Å². The smallest absolute Gasteiger partial charge is 0.187 e. The highest BCUT2D eigenvalue weighted by molar-refractivity contribution is 5.08. The van der Waals surface area contributed by atoms with Gasteiger partial charge in [0.25, 0.3) is 0 Å². The van der Waals surface area contributed by atoms with E-state index >= 15 is 0 Å². The Kier molecular flexibility index (Phi) is 1.35. The van der Waals surface area contributed by atoms with E-state index in [-0.39, 0.29) is 5.79 Å². The van der Waals surface area contributed by atoms with Gasteiger partial charge in [0.15, 0.2) is 5.79 Å². The average molecular weight is 169 g/mol. The molecule has 12 heavy (non-hydrogen) atoms. The van der Waals surface area contributed by atoms with E-state index in [4.69, 9.17) is 9.47 Å². The summed E-state index contributed by atoms with van der Waals surface area (Å²) in [6.07, 6.45) is 3.90. The van der Waals surface area contributed by atoms with Crippen molar-refractivity contribution in [2.24, 2.45) is 5.41 Å². The molecule has 0 bridgehead atoms. The molecule has 0 radical (unpaired) electrons. The highest BCUT2D eigenvalue weighted by atomic mass is 16.7. The Morgan fingerprint density at radius 2 is 1.75 bits per heavy atom. The summed E-state index contributed by atoms with van der Waals surface area (Å²) in [5, 5.41) is 3.40. The van der Waals surface area contributed by atoms with Crippen LogP contribution in [0, 0.1) is 5.41 Å². The van der Waals surface area contributed by atoms with Crippen LogP contribution in [0.15, 0.2) is 0 Å². The summed E-state index contributed by atoms with van der Waals surface area (Å²) in [5.74, 6) is -0.231. The molecule has 0 unspecified atom stereocenters. The molecule has 0 aromatic heterocycles. The van der Waals surface area contributed by atoms with Gasteiger partial charge >= 0.3 is 0 Å². The molecule has 1 N–H and O–H groups in total. The van der Waals surface area contributed by atoms with Crippen LogP contribution in [0.3, 0.4) is 0 Å². The average Bonchev–Trinajstić information content (AvgIpc) is 2.57. The Bertz CT molecular complexity index is 189. The molecular weight excluding hydrogens is 154 g/mol. The van der Waals surface area contributed by atoms with E-state index in [1.165, 1.54) is 19.3 Å². The molecule has 2 saturated heterocycles. The largest absolute Gasteiger partial charge is 0.346 e. The number of hydrogen-bond donors (Lipinski definition) is 1. The monoisotopic (exact) mass is 169 g/mol. The second-order valence-corrected chi connectivity index (χ2v) is 4.19. The van der Waals surface area contributed by atoms with Gasteiger partial charge in [-0.25, -0.2) is 0 Å². The van der Waals surface area contributed by atoms with Crippen molar-refractivity contribution >= 4 is 0 Å². The van der Waals surface area contributed by atoms with Crippen molar-refractivity contribution in [2.75, 3.05) is 26.3 Å². The Morgan fingerprint density at radius 3 is 2.33 bits per heavy atom. The van der Waals surface area contributed by atoms with Crippen LogP contribution in [0.25, 0.3) is 0 Å². The van der Waals surface area contributed by atoms with Crippen molar-refractivity contribution in [3.8, 4) is 0 Å². The predicted molar refractivity (Wildman–Crippen MR) is 43.8 cm³/mol. The van der Waals surface area contributed by atoms with Gasteiger partial charge in [0.2, 0.25) is 0 Å². The maximum Gasteiger partial charge on any atom is 0.187 e. The summed E-state index contributed by atoms with van der Waals surface area (Å²) in [5.41, 5.74) is 0.337. The number of fused-ring (bicyclic) bond motifs is 1. The molecule has 3 fully saturated rings. The molecule has 1 aliphatic carbocycles. The maximum atomic E-state index is 5.77. The van der Waals surface area contributed by atoms with Gasteiger partial charge in [0.1, 0.15) is 0 Å². The minimum absolute atomic E-state index is 0.231. The molecule has 0 atom stereocenters. The Balaban J connectivity index is 1.91. The third-order valence-electron chi connectivity index (χ3n) is 3.69. The fourth-order valence-electron chi connectivity index (χ4n) is 2.81. The fraction of sp³-hybridized carbons (Fsp3) is 1.00. The van der Waals surface area contributed by atoms with Crippen molar-refractivity contribution in [3.63, 3.8) is 0 Å². The van der Waals surface area contributed by atoms with Crippen molar-refractivity contribution in [2.45, 2.75) is 25.0 Å². The molecule has 3 rings (SSSR count). The molecule has 0 aromatic rings. The molecular formula is C9H15NO2.